The highest BCUT2D eigenvalue weighted by Crippen LogP contribution is 2.26. The quantitative estimate of drug-likeness (QED) is 0.764. The predicted molar refractivity (Wildman–Crippen MR) is 99.6 cm³/mol. The number of hydrogen-bond donors (Lipinski definition) is 2. The molecule has 9 heteroatoms. The Bertz CT molecular complexity index is 912. The number of nitrogens with zero attached hydrogens (tertiary/aromatic N) is 3. The minimum atomic E-state index is -0.549. The normalized spacial score (nSPS) is 16.5. The molecule has 1 amide bonds. The van der Waals surface area contributed by atoms with Crippen LogP contribution in [0.2, 0.25) is 0 Å². The number of fused-ring (bicyclic) bond motifs is 1. The molecule has 0 fully saturated rings. The Labute approximate surface area is 156 Å². The average molecular weight is 371 g/mol. The summed E-state index contributed by atoms with van der Waals surface area (Å²) in [5.41, 5.74) is 1.45. The molecular weight excluding hydrogens is 350 g/mol. The summed E-state index contributed by atoms with van der Waals surface area (Å²) in [7, 11) is 1.29. The van der Waals surface area contributed by atoms with Crippen molar-refractivity contribution in [3.05, 3.63) is 23.9 Å². The smallest absolute Gasteiger partial charge is 0.306 e. The molecule has 142 valence electrons. The summed E-state index contributed by atoms with van der Waals surface area (Å²) in [5.74, 6) is -0.0846. The first-order chi connectivity index (χ1) is 13.0. The van der Waals surface area contributed by atoms with Crippen molar-refractivity contribution >= 4 is 34.7 Å². The zero-order chi connectivity index (χ0) is 19.4. The van der Waals surface area contributed by atoms with Crippen LogP contribution in [0, 0.1) is 12.8 Å². The van der Waals surface area contributed by atoms with E-state index in [2.05, 4.69) is 30.3 Å². The number of ether oxygens (including phenoxy) is 2. The van der Waals surface area contributed by atoms with Gasteiger partial charge in [0.05, 0.1) is 38.3 Å². The second-order valence-electron chi connectivity index (χ2n) is 6.00. The highest BCUT2D eigenvalue weighted by Gasteiger charge is 2.27. The number of amides is 1. The number of para-hydroxylation sites is 1. The molecule has 0 spiro atoms. The van der Waals surface area contributed by atoms with E-state index in [1.807, 2.05) is 32.0 Å². The van der Waals surface area contributed by atoms with Crippen LogP contribution in [0.1, 0.15) is 19.0 Å². The molecule has 2 heterocycles. The van der Waals surface area contributed by atoms with E-state index in [1.165, 1.54) is 7.11 Å². The molecule has 9 nitrogen and oxygen atoms in total. The molecule has 2 aromatic rings. The first-order valence-corrected chi connectivity index (χ1v) is 8.61. The molecule has 0 saturated heterocycles. The summed E-state index contributed by atoms with van der Waals surface area (Å²) in [4.78, 5) is 36.7. The molecule has 2 N–H and O–H groups in total. The molecular formula is C18H21N5O4. The van der Waals surface area contributed by atoms with Gasteiger partial charge in [0.15, 0.2) is 0 Å². The van der Waals surface area contributed by atoms with Crippen LogP contribution in [0.4, 0.5) is 5.95 Å². The van der Waals surface area contributed by atoms with E-state index >= 15 is 0 Å². The second-order valence-corrected chi connectivity index (χ2v) is 6.00. The molecule has 1 atom stereocenters. The number of aliphatic imine (C=N–C) groups is 1. The SMILES string of the molecule is CCOc1cccc2c(C)nc(NC3=NCC(CC(=O)OC)C(=O)N3)nc12. The van der Waals surface area contributed by atoms with Gasteiger partial charge in [0.2, 0.25) is 17.8 Å². The fourth-order valence-electron chi connectivity index (χ4n) is 2.77. The van der Waals surface area contributed by atoms with E-state index in [-0.39, 0.29) is 24.8 Å². The van der Waals surface area contributed by atoms with Crippen LogP contribution in [-0.4, -0.2) is 48.1 Å². The van der Waals surface area contributed by atoms with Crippen LogP contribution in [0.5, 0.6) is 5.75 Å². The van der Waals surface area contributed by atoms with E-state index in [4.69, 9.17) is 4.74 Å². The third-order valence-corrected chi connectivity index (χ3v) is 4.13. The Morgan fingerprint density at radius 1 is 1.37 bits per heavy atom. The van der Waals surface area contributed by atoms with Crippen molar-refractivity contribution in [1.82, 2.24) is 15.3 Å². The molecule has 1 unspecified atom stereocenters. The number of guanidine groups is 1. The van der Waals surface area contributed by atoms with Crippen LogP contribution in [0.25, 0.3) is 10.9 Å². The van der Waals surface area contributed by atoms with Gasteiger partial charge < -0.3 is 9.47 Å². The molecule has 0 aliphatic carbocycles. The van der Waals surface area contributed by atoms with Gasteiger partial charge in [0.1, 0.15) is 11.3 Å². The zero-order valence-corrected chi connectivity index (χ0v) is 15.4. The Morgan fingerprint density at radius 3 is 2.89 bits per heavy atom. The number of nitrogens with one attached hydrogen (secondary N) is 2. The van der Waals surface area contributed by atoms with Gasteiger partial charge in [-0.3, -0.25) is 25.2 Å². The van der Waals surface area contributed by atoms with Crippen molar-refractivity contribution in [2.75, 3.05) is 25.6 Å². The first-order valence-electron chi connectivity index (χ1n) is 8.61. The van der Waals surface area contributed by atoms with Crippen LogP contribution in [-0.2, 0) is 14.3 Å². The molecule has 3 rings (SSSR count). The third-order valence-electron chi connectivity index (χ3n) is 4.13. The molecule has 1 aliphatic heterocycles. The Kier molecular flexibility index (Phi) is 5.49. The van der Waals surface area contributed by atoms with Crippen LogP contribution >= 0.6 is 0 Å². The van der Waals surface area contributed by atoms with Gasteiger partial charge in [-0.2, -0.15) is 0 Å². The van der Waals surface area contributed by atoms with Crippen molar-refractivity contribution in [1.29, 1.82) is 0 Å². The summed E-state index contributed by atoms with van der Waals surface area (Å²) >= 11 is 0. The van der Waals surface area contributed by atoms with Crippen molar-refractivity contribution < 1.29 is 19.1 Å². The van der Waals surface area contributed by atoms with Gasteiger partial charge >= 0.3 is 5.97 Å². The van der Waals surface area contributed by atoms with Crippen molar-refractivity contribution in [3.63, 3.8) is 0 Å². The van der Waals surface area contributed by atoms with Gasteiger partial charge in [-0.15, -0.1) is 0 Å². The molecule has 0 bridgehead atoms. The van der Waals surface area contributed by atoms with Crippen molar-refractivity contribution in [2.24, 2.45) is 10.9 Å². The fraction of sp³-hybridized carbons (Fsp3) is 0.389. The van der Waals surface area contributed by atoms with Gasteiger partial charge in [-0.05, 0) is 19.9 Å². The highest BCUT2D eigenvalue weighted by molar-refractivity contribution is 6.06. The number of esters is 1. The van der Waals surface area contributed by atoms with Crippen LogP contribution in [0.3, 0.4) is 0 Å². The van der Waals surface area contributed by atoms with E-state index in [1.54, 1.807) is 0 Å². The number of hydrogen-bond acceptors (Lipinski definition) is 8. The van der Waals surface area contributed by atoms with E-state index in [0.717, 1.165) is 11.1 Å². The summed E-state index contributed by atoms with van der Waals surface area (Å²) in [6, 6.07) is 5.66. The standard InChI is InChI=1S/C18H21N5O4/c1-4-27-13-7-5-6-12-10(2)20-18(21-15(12)13)23-17-19-9-11(16(25)22-17)8-14(24)26-3/h5-7,11H,4,8-9H2,1-3H3,(H2,19,20,21,22,23,25). The predicted octanol–water partition coefficient (Wildman–Crippen LogP) is 1.41. The topological polar surface area (TPSA) is 115 Å². The van der Waals surface area contributed by atoms with E-state index in [0.29, 0.717) is 23.8 Å². The average Bonchev–Trinajstić information content (AvgIpc) is 2.65. The summed E-state index contributed by atoms with van der Waals surface area (Å²) in [6.07, 6.45) is -0.0115. The molecule has 1 aliphatic rings. The number of rotatable bonds is 5. The number of aromatic nitrogens is 2. The lowest BCUT2D eigenvalue weighted by atomic mass is 10.0. The van der Waals surface area contributed by atoms with Crippen molar-refractivity contribution in [3.8, 4) is 5.75 Å². The lowest BCUT2D eigenvalue weighted by Crippen LogP contribution is -2.45. The van der Waals surface area contributed by atoms with Crippen LogP contribution < -0.4 is 15.4 Å². The first kappa shape index (κ1) is 18.6. The summed E-state index contributed by atoms with van der Waals surface area (Å²) in [6.45, 7) is 4.48. The largest absolute Gasteiger partial charge is 0.492 e. The van der Waals surface area contributed by atoms with Crippen molar-refractivity contribution in [2.45, 2.75) is 20.3 Å². The number of carbonyl (C=O) groups is 2. The Hall–Kier alpha value is -3.23. The number of methoxy groups -OCH3 is 1. The molecule has 1 aromatic heterocycles. The Balaban J connectivity index is 1.82. The van der Waals surface area contributed by atoms with Gasteiger partial charge in [-0.25, -0.2) is 9.97 Å². The van der Waals surface area contributed by atoms with E-state index < -0.39 is 11.9 Å². The van der Waals surface area contributed by atoms with Crippen LogP contribution in [0.15, 0.2) is 23.2 Å². The number of carbonyl (C=O) groups excluding carboxylic acids is 2. The minimum Gasteiger partial charge on any atom is -0.492 e. The maximum absolute atomic E-state index is 12.2. The fourth-order valence-corrected chi connectivity index (χ4v) is 2.77. The second kappa shape index (κ2) is 7.98. The lowest BCUT2D eigenvalue weighted by molar-refractivity contribution is -0.143. The number of benzene rings is 1. The maximum atomic E-state index is 12.2. The lowest BCUT2D eigenvalue weighted by Gasteiger charge is -2.21. The molecule has 0 saturated carbocycles. The summed E-state index contributed by atoms with van der Waals surface area (Å²) in [5, 5.41) is 6.45. The molecule has 0 radical (unpaired) electrons. The third kappa shape index (κ3) is 4.13. The molecule has 1 aromatic carbocycles. The van der Waals surface area contributed by atoms with Gasteiger partial charge in [0.25, 0.3) is 0 Å². The number of aryl methyl sites for hydroxylation is 1. The molecule has 27 heavy (non-hydrogen) atoms. The van der Waals surface area contributed by atoms with E-state index in [9.17, 15) is 9.59 Å². The summed E-state index contributed by atoms with van der Waals surface area (Å²) < 4.78 is 10.2. The minimum absolute atomic E-state index is 0.0115. The zero-order valence-electron chi connectivity index (χ0n) is 15.4. The Morgan fingerprint density at radius 2 is 2.19 bits per heavy atom. The number of anilines is 1. The van der Waals surface area contributed by atoms with Gasteiger partial charge in [-0.1, -0.05) is 12.1 Å². The monoisotopic (exact) mass is 371 g/mol. The van der Waals surface area contributed by atoms with Gasteiger partial charge in [0, 0.05) is 5.39 Å². The maximum Gasteiger partial charge on any atom is 0.306 e. The highest BCUT2D eigenvalue weighted by atomic mass is 16.5.